The van der Waals surface area contributed by atoms with Gasteiger partial charge in [-0.2, -0.15) is 0 Å². The van der Waals surface area contributed by atoms with Crippen LogP contribution in [0.2, 0.25) is 0 Å². The Balaban J connectivity index is 2.06. The Bertz CT molecular complexity index is 687. The lowest BCUT2D eigenvalue weighted by Crippen LogP contribution is -2.18. The molecule has 4 nitrogen and oxygen atoms in total. The van der Waals surface area contributed by atoms with Crippen molar-refractivity contribution in [3.63, 3.8) is 0 Å². The SMILES string of the molecule is O=S(=O)(CCc1ccccc1)Nc1cc(F)ccc1O. The smallest absolute Gasteiger partial charge is 0.233 e. The molecule has 0 heterocycles. The third-order valence-corrected chi connectivity index (χ3v) is 4.00. The number of phenols is 1. The highest BCUT2D eigenvalue weighted by molar-refractivity contribution is 7.92. The van der Waals surface area contributed by atoms with Gasteiger partial charge in [-0.3, -0.25) is 4.72 Å². The van der Waals surface area contributed by atoms with E-state index in [0.717, 1.165) is 23.8 Å². The van der Waals surface area contributed by atoms with E-state index in [2.05, 4.69) is 4.72 Å². The molecule has 0 amide bonds. The lowest BCUT2D eigenvalue weighted by atomic mass is 10.2. The first kappa shape index (κ1) is 14.3. The van der Waals surface area contributed by atoms with E-state index in [1.807, 2.05) is 30.3 Å². The molecular formula is C14H14FNO3S. The standard InChI is InChI=1S/C14H14FNO3S/c15-12-6-7-14(17)13(10-12)16-20(18,19)9-8-11-4-2-1-3-5-11/h1-7,10,16-17H,8-9H2. The summed E-state index contributed by atoms with van der Waals surface area (Å²) in [5.74, 6) is -1.08. The van der Waals surface area contributed by atoms with Crippen LogP contribution in [0, 0.1) is 5.82 Å². The highest BCUT2D eigenvalue weighted by atomic mass is 32.2. The van der Waals surface area contributed by atoms with Crippen molar-refractivity contribution in [2.24, 2.45) is 0 Å². The molecule has 0 fully saturated rings. The number of benzene rings is 2. The summed E-state index contributed by atoms with van der Waals surface area (Å²) in [6.45, 7) is 0. The minimum atomic E-state index is -3.65. The lowest BCUT2D eigenvalue weighted by molar-refractivity contribution is 0.475. The number of aryl methyl sites for hydroxylation is 1. The number of phenolic OH excluding ortho intramolecular Hbond substituents is 1. The molecule has 2 N–H and O–H groups in total. The minimum absolute atomic E-state index is 0.146. The predicted molar refractivity (Wildman–Crippen MR) is 75.6 cm³/mol. The second-order valence-corrected chi connectivity index (χ2v) is 6.16. The van der Waals surface area contributed by atoms with Crippen molar-refractivity contribution < 1.29 is 17.9 Å². The van der Waals surface area contributed by atoms with Crippen LogP contribution in [0.15, 0.2) is 48.5 Å². The van der Waals surface area contributed by atoms with Crippen molar-refractivity contribution in [3.05, 3.63) is 59.9 Å². The van der Waals surface area contributed by atoms with E-state index in [4.69, 9.17) is 0 Å². The number of anilines is 1. The lowest BCUT2D eigenvalue weighted by Gasteiger charge is -2.09. The Kier molecular flexibility index (Phi) is 4.24. The predicted octanol–water partition coefficient (Wildman–Crippen LogP) is 2.52. The van der Waals surface area contributed by atoms with Crippen LogP contribution in [-0.2, 0) is 16.4 Å². The molecule has 6 heteroatoms. The summed E-state index contributed by atoms with van der Waals surface area (Å²) in [7, 11) is -3.65. The van der Waals surface area contributed by atoms with Gasteiger partial charge in [0, 0.05) is 6.07 Å². The first-order valence-corrected chi connectivity index (χ1v) is 7.64. The van der Waals surface area contributed by atoms with Gasteiger partial charge < -0.3 is 5.11 Å². The van der Waals surface area contributed by atoms with E-state index in [1.165, 1.54) is 0 Å². The molecular weight excluding hydrogens is 281 g/mol. The van der Waals surface area contributed by atoms with Crippen LogP contribution >= 0.6 is 0 Å². The summed E-state index contributed by atoms with van der Waals surface area (Å²) < 4.78 is 39.0. The van der Waals surface area contributed by atoms with Gasteiger partial charge in [-0.25, -0.2) is 12.8 Å². The van der Waals surface area contributed by atoms with Gasteiger partial charge in [-0.1, -0.05) is 30.3 Å². The Labute approximate surface area is 116 Å². The molecule has 2 rings (SSSR count). The molecule has 0 aliphatic rings. The largest absolute Gasteiger partial charge is 0.506 e. The Morgan fingerprint density at radius 1 is 1.10 bits per heavy atom. The number of hydrogen-bond donors (Lipinski definition) is 2. The maximum Gasteiger partial charge on any atom is 0.233 e. The number of halogens is 1. The van der Waals surface area contributed by atoms with Gasteiger partial charge in [0.2, 0.25) is 10.0 Å². The van der Waals surface area contributed by atoms with Crippen LogP contribution in [0.5, 0.6) is 5.75 Å². The number of nitrogens with one attached hydrogen (secondary N) is 1. The summed E-state index contributed by atoms with van der Waals surface area (Å²) in [6.07, 6.45) is 0.340. The van der Waals surface area contributed by atoms with Crippen molar-refractivity contribution in [1.82, 2.24) is 0 Å². The number of hydrogen-bond acceptors (Lipinski definition) is 3. The van der Waals surface area contributed by atoms with Crippen LogP contribution in [0.25, 0.3) is 0 Å². The maximum atomic E-state index is 13.0. The van der Waals surface area contributed by atoms with Crippen LogP contribution in [0.4, 0.5) is 10.1 Å². The summed E-state index contributed by atoms with van der Waals surface area (Å²) in [4.78, 5) is 0. The topological polar surface area (TPSA) is 66.4 Å². The zero-order valence-electron chi connectivity index (χ0n) is 10.6. The number of sulfonamides is 1. The van der Waals surface area contributed by atoms with Gasteiger partial charge >= 0.3 is 0 Å². The first-order valence-electron chi connectivity index (χ1n) is 5.99. The fourth-order valence-corrected chi connectivity index (χ4v) is 2.81. The van der Waals surface area contributed by atoms with Gasteiger partial charge in [-0.15, -0.1) is 0 Å². The molecule has 0 saturated carbocycles. The molecule has 20 heavy (non-hydrogen) atoms. The van der Waals surface area contributed by atoms with Crippen molar-refractivity contribution in [1.29, 1.82) is 0 Å². The van der Waals surface area contributed by atoms with E-state index >= 15 is 0 Å². The molecule has 106 valence electrons. The third kappa shape index (κ3) is 3.96. The van der Waals surface area contributed by atoms with Crippen LogP contribution in [0.3, 0.4) is 0 Å². The second kappa shape index (κ2) is 5.92. The fraction of sp³-hybridized carbons (Fsp3) is 0.143. The summed E-state index contributed by atoms with van der Waals surface area (Å²) in [5.41, 5.74) is 0.736. The van der Waals surface area contributed by atoms with Crippen LogP contribution < -0.4 is 4.72 Å². The zero-order chi connectivity index (χ0) is 14.6. The quantitative estimate of drug-likeness (QED) is 0.833. The molecule has 0 spiro atoms. The maximum absolute atomic E-state index is 13.0. The van der Waals surface area contributed by atoms with E-state index in [1.54, 1.807) is 0 Å². The number of aromatic hydroxyl groups is 1. The van der Waals surface area contributed by atoms with Crippen molar-refractivity contribution in [2.45, 2.75) is 6.42 Å². The van der Waals surface area contributed by atoms with E-state index < -0.39 is 15.8 Å². The zero-order valence-corrected chi connectivity index (χ0v) is 11.4. The molecule has 0 atom stereocenters. The van der Waals surface area contributed by atoms with Crippen molar-refractivity contribution in [3.8, 4) is 5.75 Å². The third-order valence-electron chi connectivity index (χ3n) is 2.73. The summed E-state index contributed by atoms with van der Waals surface area (Å²) in [5, 5.41) is 9.49. The van der Waals surface area contributed by atoms with Gasteiger partial charge in [-0.05, 0) is 24.1 Å². The highest BCUT2D eigenvalue weighted by Gasteiger charge is 2.13. The second-order valence-electron chi connectivity index (χ2n) is 4.32. The molecule has 0 radical (unpaired) electrons. The average Bonchev–Trinajstić information content (AvgIpc) is 2.42. The van der Waals surface area contributed by atoms with Gasteiger partial charge in [0.1, 0.15) is 11.6 Å². The van der Waals surface area contributed by atoms with Crippen LogP contribution in [-0.4, -0.2) is 19.3 Å². The molecule has 0 aliphatic carbocycles. The molecule has 2 aromatic rings. The molecule has 0 saturated heterocycles. The first-order chi connectivity index (χ1) is 9.46. The normalized spacial score (nSPS) is 11.2. The Morgan fingerprint density at radius 3 is 2.50 bits per heavy atom. The summed E-state index contributed by atoms with van der Waals surface area (Å²) in [6, 6.07) is 12.3. The van der Waals surface area contributed by atoms with E-state index in [-0.39, 0.29) is 17.2 Å². The minimum Gasteiger partial charge on any atom is -0.506 e. The monoisotopic (exact) mass is 295 g/mol. The van der Waals surface area contributed by atoms with E-state index in [9.17, 15) is 17.9 Å². The Morgan fingerprint density at radius 2 is 1.80 bits per heavy atom. The van der Waals surface area contributed by atoms with Gasteiger partial charge in [0.15, 0.2) is 0 Å². The van der Waals surface area contributed by atoms with E-state index in [0.29, 0.717) is 6.42 Å². The molecule has 0 bridgehead atoms. The molecule has 0 aromatic heterocycles. The average molecular weight is 295 g/mol. The highest BCUT2D eigenvalue weighted by Crippen LogP contribution is 2.24. The van der Waals surface area contributed by atoms with Crippen molar-refractivity contribution in [2.75, 3.05) is 10.5 Å². The number of rotatable bonds is 5. The van der Waals surface area contributed by atoms with Crippen LogP contribution in [0.1, 0.15) is 5.56 Å². The Hall–Kier alpha value is -2.08. The molecule has 0 unspecified atom stereocenters. The van der Waals surface area contributed by atoms with Gasteiger partial charge in [0.25, 0.3) is 0 Å². The molecule has 0 aliphatic heterocycles. The summed E-state index contributed by atoms with van der Waals surface area (Å²) >= 11 is 0. The van der Waals surface area contributed by atoms with Crippen molar-refractivity contribution >= 4 is 15.7 Å². The fourth-order valence-electron chi connectivity index (χ4n) is 1.71. The molecule has 2 aromatic carbocycles. The van der Waals surface area contributed by atoms with Gasteiger partial charge in [0.05, 0.1) is 11.4 Å².